The summed E-state index contributed by atoms with van der Waals surface area (Å²) in [5, 5.41) is 3.40. The maximum atomic E-state index is 5.09. The number of aryl methyl sites for hydroxylation is 1. The van der Waals surface area contributed by atoms with Crippen LogP contribution in [-0.4, -0.2) is 13.9 Å². The quantitative estimate of drug-likeness (QED) is 0.190. The zero-order valence-corrected chi connectivity index (χ0v) is 28.3. The summed E-state index contributed by atoms with van der Waals surface area (Å²) in [4.78, 5) is 5.09. The predicted molar refractivity (Wildman–Crippen MR) is 205 cm³/mol. The molecule has 49 heavy (non-hydrogen) atoms. The van der Waals surface area contributed by atoms with Gasteiger partial charge in [-0.2, -0.15) is 4.37 Å². The lowest BCUT2D eigenvalue weighted by molar-refractivity contribution is 0.660. The van der Waals surface area contributed by atoms with Gasteiger partial charge in [-0.15, -0.1) is 0 Å². The molecule has 0 saturated carbocycles. The summed E-state index contributed by atoms with van der Waals surface area (Å²) >= 11 is 1.46. The van der Waals surface area contributed by atoms with Crippen LogP contribution in [-0.2, 0) is 11.8 Å². The summed E-state index contributed by atoms with van der Waals surface area (Å²) in [6, 6.07) is 46.8. The van der Waals surface area contributed by atoms with Crippen LogP contribution < -0.4 is 0 Å². The number of allylic oxidation sites excluding steroid dienone is 1. The van der Waals surface area contributed by atoms with E-state index in [0.29, 0.717) is 0 Å². The maximum absolute atomic E-state index is 5.09. The monoisotopic (exact) mass is 647 g/mol. The van der Waals surface area contributed by atoms with Gasteiger partial charge >= 0.3 is 0 Å². The van der Waals surface area contributed by atoms with Gasteiger partial charge in [-0.25, -0.2) is 4.98 Å². The number of hydrogen-bond acceptors (Lipinski definition) is 3. The Bertz CT molecular complexity index is 2650. The van der Waals surface area contributed by atoms with E-state index in [9.17, 15) is 0 Å². The highest BCUT2D eigenvalue weighted by Gasteiger charge is 2.35. The molecule has 2 aromatic heterocycles. The van der Waals surface area contributed by atoms with Gasteiger partial charge in [0, 0.05) is 33.0 Å². The van der Waals surface area contributed by atoms with Gasteiger partial charge in [0.1, 0.15) is 5.01 Å². The third-order valence-corrected chi connectivity index (χ3v) is 11.4. The lowest BCUT2D eigenvalue weighted by Crippen LogP contribution is -2.14. The Morgan fingerprint density at radius 2 is 1.43 bits per heavy atom. The summed E-state index contributed by atoms with van der Waals surface area (Å²) in [5.74, 6) is 0.764. The first-order valence-corrected chi connectivity index (χ1v) is 17.8. The van der Waals surface area contributed by atoms with E-state index in [2.05, 4.69) is 158 Å². The van der Waals surface area contributed by atoms with Crippen LogP contribution in [0.25, 0.3) is 77.8 Å². The average Bonchev–Trinajstić information content (AvgIpc) is 3.83. The van der Waals surface area contributed by atoms with E-state index < -0.39 is 0 Å². The molecule has 2 heterocycles. The molecule has 8 aromatic rings. The van der Waals surface area contributed by atoms with Crippen molar-refractivity contribution in [2.75, 3.05) is 0 Å². The Morgan fingerprint density at radius 1 is 0.633 bits per heavy atom. The van der Waals surface area contributed by atoms with Crippen LogP contribution in [0.1, 0.15) is 42.5 Å². The van der Waals surface area contributed by atoms with Crippen LogP contribution in [0.3, 0.4) is 0 Å². The maximum Gasteiger partial charge on any atom is 0.173 e. The number of hydrogen-bond donors (Lipinski definition) is 0. The van der Waals surface area contributed by atoms with Gasteiger partial charge < -0.3 is 4.57 Å². The third kappa shape index (κ3) is 4.41. The number of para-hydroxylation sites is 1. The lowest BCUT2D eigenvalue weighted by Gasteiger charge is -2.21. The van der Waals surface area contributed by atoms with E-state index >= 15 is 0 Å². The Labute approximate surface area is 290 Å². The largest absolute Gasteiger partial charge is 0.309 e. The molecule has 0 amide bonds. The summed E-state index contributed by atoms with van der Waals surface area (Å²) in [6.07, 6.45) is 6.76. The smallest absolute Gasteiger partial charge is 0.173 e. The molecule has 0 saturated heterocycles. The zero-order chi connectivity index (χ0) is 32.7. The standard InChI is InChI=1S/C45H33N3S/c1-45(2)39-16-7-5-14-35(39)38-27-34(21-23-40(38)45)48-41-17-8-6-15-36(41)37-22-20-33(26-42(37)48)44-46-43(47-49-44)32-13-9-12-30(25-32)31-19-18-28-10-3-4-11-29(28)24-31/h4-9,11-27H,3,10H2,1-2H3. The van der Waals surface area contributed by atoms with E-state index in [0.717, 1.165) is 34.8 Å². The molecule has 0 fully saturated rings. The molecule has 3 nitrogen and oxygen atoms in total. The number of benzene rings is 6. The molecule has 2 aliphatic rings. The van der Waals surface area contributed by atoms with Gasteiger partial charge in [0.2, 0.25) is 0 Å². The second kappa shape index (κ2) is 10.7. The molecule has 0 aliphatic heterocycles. The molecule has 0 radical (unpaired) electrons. The second-order valence-corrected chi connectivity index (χ2v) is 14.6. The molecule has 234 valence electrons. The normalized spacial score (nSPS) is 14.2. The van der Waals surface area contributed by atoms with E-state index in [1.54, 1.807) is 0 Å². The van der Waals surface area contributed by atoms with E-state index in [1.165, 1.54) is 83.5 Å². The highest BCUT2D eigenvalue weighted by atomic mass is 32.1. The number of rotatable bonds is 4. The molecule has 0 atom stereocenters. The van der Waals surface area contributed by atoms with Crippen LogP contribution in [0.2, 0.25) is 0 Å². The molecule has 4 heteroatoms. The second-order valence-electron chi connectivity index (χ2n) is 13.8. The van der Waals surface area contributed by atoms with Crippen LogP contribution >= 0.6 is 11.5 Å². The molecule has 0 spiro atoms. The lowest BCUT2D eigenvalue weighted by atomic mass is 9.82. The highest BCUT2D eigenvalue weighted by molar-refractivity contribution is 7.09. The third-order valence-electron chi connectivity index (χ3n) is 10.6. The van der Waals surface area contributed by atoms with Crippen molar-refractivity contribution >= 4 is 39.4 Å². The van der Waals surface area contributed by atoms with Crippen LogP contribution in [0, 0.1) is 0 Å². The highest BCUT2D eigenvalue weighted by Crippen LogP contribution is 2.49. The van der Waals surface area contributed by atoms with Gasteiger partial charge in [-0.3, -0.25) is 0 Å². The first kappa shape index (κ1) is 28.4. The predicted octanol–water partition coefficient (Wildman–Crippen LogP) is 11.9. The minimum Gasteiger partial charge on any atom is -0.309 e. The summed E-state index contributed by atoms with van der Waals surface area (Å²) in [6.45, 7) is 4.67. The Kier molecular flexibility index (Phi) is 6.22. The van der Waals surface area contributed by atoms with Crippen molar-refractivity contribution in [1.82, 2.24) is 13.9 Å². The van der Waals surface area contributed by atoms with Gasteiger partial charge in [0.05, 0.1) is 11.0 Å². The zero-order valence-electron chi connectivity index (χ0n) is 27.4. The van der Waals surface area contributed by atoms with E-state index in [1.807, 2.05) is 0 Å². The molecule has 10 rings (SSSR count). The fourth-order valence-corrected chi connectivity index (χ4v) is 8.81. The van der Waals surface area contributed by atoms with Crippen molar-refractivity contribution in [1.29, 1.82) is 0 Å². The molecule has 0 N–H and O–H groups in total. The van der Waals surface area contributed by atoms with Crippen LogP contribution in [0.15, 0.2) is 133 Å². The first-order valence-electron chi connectivity index (χ1n) is 17.1. The molecule has 0 bridgehead atoms. The minimum atomic E-state index is -0.0224. The SMILES string of the molecule is CC1(C)c2ccccc2-c2cc(-n3c4ccccc4c4ccc(-c5nc(-c6cccc(-c7ccc8c(c7)C=CCC8)c6)ns5)cc43)ccc21. The van der Waals surface area contributed by atoms with Crippen LogP contribution in [0.5, 0.6) is 0 Å². The topological polar surface area (TPSA) is 30.7 Å². The first-order chi connectivity index (χ1) is 24.0. The van der Waals surface area contributed by atoms with Crippen molar-refractivity contribution in [2.45, 2.75) is 32.1 Å². The summed E-state index contributed by atoms with van der Waals surface area (Å²) in [5.41, 5.74) is 16.2. The molecule has 0 unspecified atom stereocenters. The fourth-order valence-electron chi connectivity index (χ4n) is 8.13. The summed E-state index contributed by atoms with van der Waals surface area (Å²) in [7, 11) is 0. The van der Waals surface area contributed by atoms with Crippen molar-refractivity contribution in [3.63, 3.8) is 0 Å². The van der Waals surface area contributed by atoms with E-state index in [4.69, 9.17) is 9.36 Å². The molecular formula is C45H33N3S. The Hall–Kier alpha value is -5.58. The Morgan fingerprint density at radius 3 is 2.39 bits per heavy atom. The van der Waals surface area contributed by atoms with Crippen molar-refractivity contribution < 1.29 is 0 Å². The Balaban J connectivity index is 1.06. The average molecular weight is 648 g/mol. The molecular weight excluding hydrogens is 615 g/mol. The number of aromatic nitrogens is 3. The minimum absolute atomic E-state index is 0.0224. The van der Waals surface area contributed by atoms with Gasteiger partial charge in [-0.1, -0.05) is 117 Å². The van der Waals surface area contributed by atoms with Gasteiger partial charge in [0.25, 0.3) is 0 Å². The molecule has 2 aliphatic carbocycles. The van der Waals surface area contributed by atoms with Crippen molar-refractivity contribution in [3.8, 4) is 49.9 Å². The van der Waals surface area contributed by atoms with E-state index in [-0.39, 0.29) is 5.41 Å². The van der Waals surface area contributed by atoms with Crippen LogP contribution in [0.4, 0.5) is 0 Å². The van der Waals surface area contributed by atoms with Gasteiger partial charge in [-0.05, 0) is 105 Å². The number of nitrogens with zero attached hydrogens (tertiary/aromatic N) is 3. The molecule has 6 aromatic carbocycles. The van der Waals surface area contributed by atoms with Gasteiger partial charge in [0.15, 0.2) is 5.82 Å². The number of fused-ring (bicyclic) bond motifs is 7. The van der Waals surface area contributed by atoms with Crippen molar-refractivity contribution in [2.24, 2.45) is 0 Å². The van der Waals surface area contributed by atoms with Crippen molar-refractivity contribution in [3.05, 3.63) is 156 Å². The fraction of sp³-hybridized carbons (Fsp3) is 0.111. The summed E-state index contributed by atoms with van der Waals surface area (Å²) < 4.78 is 7.28.